The van der Waals surface area contributed by atoms with Gasteiger partial charge in [0.2, 0.25) is 0 Å². The molecular formula is C15H24N2O. The van der Waals surface area contributed by atoms with Crippen molar-refractivity contribution in [3.05, 3.63) is 23.8 Å². The molecule has 3 heteroatoms. The maximum Gasteiger partial charge on any atom is 0.0641 e. The van der Waals surface area contributed by atoms with E-state index in [-0.39, 0.29) is 0 Å². The highest BCUT2D eigenvalue weighted by atomic mass is 16.5. The van der Waals surface area contributed by atoms with Crippen molar-refractivity contribution >= 4 is 11.4 Å². The third-order valence-electron chi connectivity index (χ3n) is 3.55. The van der Waals surface area contributed by atoms with E-state index in [0.29, 0.717) is 6.04 Å². The highest BCUT2D eigenvalue weighted by Crippen LogP contribution is 2.28. The Morgan fingerprint density at radius 3 is 3.06 bits per heavy atom. The molecule has 1 aromatic carbocycles. The molecule has 0 radical (unpaired) electrons. The quantitative estimate of drug-likeness (QED) is 0.811. The standard InChI is InChI=1S/C15H24N2O/c1-4-18-10-9-17(3)14-7-8-15-13(11-14)6-5-12(2)16-15/h7-8,11-12,16H,4-6,9-10H2,1-3H3. The minimum atomic E-state index is 0.596. The lowest BCUT2D eigenvalue weighted by molar-refractivity contribution is 0.154. The van der Waals surface area contributed by atoms with Gasteiger partial charge in [0.15, 0.2) is 0 Å². The van der Waals surface area contributed by atoms with Crippen LogP contribution in [0.25, 0.3) is 0 Å². The summed E-state index contributed by atoms with van der Waals surface area (Å²) in [5.74, 6) is 0. The highest BCUT2D eigenvalue weighted by Gasteiger charge is 2.14. The lowest BCUT2D eigenvalue weighted by Gasteiger charge is -2.26. The van der Waals surface area contributed by atoms with E-state index in [1.54, 1.807) is 0 Å². The van der Waals surface area contributed by atoms with Crippen molar-refractivity contribution in [2.45, 2.75) is 32.7 Å². The molecule has 0 spiro atoms. The van der Waals surface area contributed by atoms with E-state index in [1.807, 2.05) is 6.92 Å². The summed E-state index contributed by atoms with van der Waals surface area (Å²) >= 11 is 0. The number of benzene rings is 1. The number of hydrogen-bond acceptors (Lipinski definition) is 3. The molecule has 2 rings (SSSR count). The molecule has 0 saturated heterocycles. The van der Waals surface area contributed by atoms with Gasteiger partial charge in [-0.05, 0) is 50.5 Å². The summed E-state index contributed by atoms with van der Waals surface area (Å²) in [5, 5.41) is 3.54. The van der Waals surface area contributed by atoms with Crippen LogP contribution in [0, 0.1) is 0 Å². The van der Waals surface area contributed by atoms with E-state index in [4.69, 9.17) is 4.74 Å². The first-order chi connectivity index (χ1) is 8.70. The average molecular weight is 248 g/mol. The second-order valence-electron chi connectivity index (χ2n) is 5.04. The summed E-state index contributed by atoms with van der Waals surface area (Å²) in [5.41, 5.74) is 4.02. The fraction of sp³-hybridized carbons (Fsp3) is 0.600. The Kier molecular flexibility index (Phi) is 4.48. The third kappa shape index (κ3) is 3.16. The first-order valence-corrected chi connectivity index (χ1v) is 6.89. The molecule has 1 heterocycles. The molecule has 1 aliphatic rings. The van der Waals surface area contributed by atoms with Crippen molar-refractivity contribution in [3.8, 4) is 0 Å². The number of anilines is 2. The van der Waals surface area contributed by atoms with Gasteiger partial charge >= 0.3 is 0 Å². The predicted molar refractivity (Wildman–Crippen MR) is 77.6 cm³/mol. The lowest BCUT2D eigenvalue weighted by Crippen LogP contribution is -2.24. The van der Waals surface area contributed by atoms with Crippen molar-refractivity contribution in [3.63, 3.8) is 0 Å². The van der Waals surface area contributed by atoms with Gasteiger partial charge in [0, 0.05) is 37.6 Å². The number of ether oxygens (including phenoxy) is 1. The van der Waals surface area contributed by atoms with E-state index >= 15 is 0 Å². The Balaban J connectivity index is 2.02. The molecule has 0 bridgehead atoms. The van der Waals surface area contributed by atoms with Crippen LogP contribution in [0.4, 0.5) is 11.4 Å². The summed E-state index contributed by atoms with van der Waals surface area (Å²) in [4.78, 5) is 2.26. The van der Waals surface area contributed by atoms with E-state index in [2.05, 4.69) is 42.4 Å². The summed E-state index contributed by atoms with van der Waals surface area (Å²) in [6.07, 6.45) is 2.40. The molecule has 1 aliphatic heterocycles. The van der Waals surface area contributed by atoms with Crippen LogP contribution in [0.2, 0.25) is 0 Å². The van der Waals surface area contributed by atoms with Crippen molar-refractivity contribution < 1.29 is 4.74 Å². The first kappa shape index (κ1) is 13.2. The Morgan fingerprint density at radius 2 is 2.28 bits per heavy atom. The van der Waals surface area contributed by atoms with Crippen LogP contribution in [0.5, 0.6) is 0 Å². The zero-order valence-electron chi connectivity index (χ0n) is 11.7. The van der Waals surface area contributed by atoms with E-state index < -0.39 is 0 Å². The van der Waals surface area contributed by atoms with Gasteiger partial charge < -0.3 is 15.0 Å². The van der Waals surface area contributed by atoms with Gasteiger partial charge in [0.25, 0.3) is 0 Å². The monoisotopic (exact) mass is 248 g/mol. The van der Waals surface area contributed by atoms with Gasteiger partial charge in [0.1, 0.15) is 0 Å². The van der Waals surface area contributed by atoms with E-state index in [0.717, 1.165) is 19.8 Å². The molecule has 0 aromatic heterocycles. The lowest BCUT2D eigenvalue weighted by atomic mass is 9.98. The predicted octanol–water partition coefficient (Wildman–Crippen LogP) is 2.91. The molecule has 0 aliphatic carbocycles. The van der Waals surface area contributed by atoms with E-state index in [9.17, 15) is 0 Å². The molecule has 18 heavy (non-hydrogen) atoms. The SMILES string of the molecule is CCOCCN(C)c1ccc2c(c1)CCC(C)N2. The van der Waals surface area contributed by atoms with E-state index in [1.165, 1.54) is 29.8 Å². The molecule has 1 aromatic rings. The molecule has 0 saturated carbocycles. The molecule has 1 N–H and O–H groups in total. The van der Waals surface area contributed by atoms with Crippen LogP contribution in [-0.4, -0.2) is 32.8 Å². The van der Waals surface area contributed by atoms with Gasteiger partial charge in [-0.2, -0.15) is 0 Å². The number of rotatable bonds is 5. The molecule has 1 atom stereocenters. The zero-order valence-corrected chi connectivity index (χ0v) is 11.7. The highest BCUT2D eigenvalue weighted by molar-refractivity contribution is 5.62. The topological polar surface area (TPSA) is 24.5 Å². The summed E-state index contributed by atoms with van der Waals surface area (Å²) in [6.45, 7) is 6.80. The first-order valence-electron chi connectivity index (χ1n) is 6.89. The second kappa shape index (κ2) is 6.10. The largest absolute Gasteiger partial charge is 0.382 e. The van der Waals surface area contributed by atoms with Crippen LogP contribution >= 0.6 is 0 Å². The normalized spacial score (nSPS) is 18.1. The second-order valence-corrected chi connectivity index (χ2v) is 5.04. The van der Waals surface area contributed by atoms with Crippen molar-refractivity contribution in [2.75, 3.05) is 37.0 Å². The molecule has 100 valence electrons. The molecule has 3 nitrogen and oxygen atoms in total. The van der Waals surface area contributed by atoms with Crippen molar-refractivity contribution in [1.29, 1.82) is 0 Å². The van der Waals surface area contributed by atoms with Gasteiger partial charge in [-0.1, -0.05) is 0 Å². The number of nitrogens with one attached hydrogen (secondary N) is 1. The van der Waals surface area contributed by atoms with Crippen LogP contribution in [0.3, 0.4) is 0 Å². The number of fused-ring (bicyclic) bond motifs is 1. The van der Waals surface area contributed by atoms with Gasteiger partial charge in [-0.25, -0.2) is 0 Å². The molecule has 1 unspecified atom stereocenters. The Bertz CT molecular complexity index is 392. The number of likely N-dealkylation sites (N-methyl/N-ethyl adjacent to an activating group) is 1. The zero-order chi connectivity index (χ0) is 13.0. The summed E-state index contributed by atoms with van der Waals surface area (Å²) in [7, 11) is 2.12. The number of nitrogens with zero attached hydrogens (tertiary/aromatic N) is 1. The van der Waals surface area contributed by atoms with Crippen LogP contribution in [-0.2, 0) is 11.2 Å². The summed E-state index contributed by atoms with van der Waals surface area (Å²) < 4.78 is 5.40. The number of hydrogen-bond donors (Lipinski definition) is 1. The van der Waals surface area contributed by atoms with Crippen LogP contribution in [0.15, 0.2) is 18.2 Å². The fourth-order valence-corrected chi connectivity index (χ4v) is 2.35. The Labute approximate surface area is 110 Å². The third-order valence-corrected chi connectivity index (χ3v) is 3.55. The smallest absolute Gasteiger partial charge is 0.0641 e. The van der Waals surface area contributed by atoms with Crippen molar-refractivity contribution in [2.24, 2.45) is 0 Å². The van der Waals surface area contributed by atoms with Crippen molar-refractivity contribution in [1.82, 2.24) is 0 Å². The maximum atomic E-state index is 5.40. The van der Waals surface area contributed by atoms with Gasteiger partial charge in [-0.3, -0.25) is 0 Å². The molecular weight excluding hydrogens is 224 g/mol. The maximum absolute atomic E-state index is 5.40. The Hall–Kier alpha value is -1.22. The van der Waals surface area contributed by atoms with Crippen LogP contribution < -0.4 is 10.2 Å². The minimum Gasteiger partial charge on any atom is -0.382 e. The fourth-order valence-electron chi connectivity index (χ4n) is 2.35. The average Bonchev–Trinajstić information content (AvgIpc) is 2.38. The molecule has 0 fully saturated rings. The molecule has 0 amide bonds. The minimum absolute atomic E-state index is 0.596. The number of aryl methyl sites for hydroxylation is 1. The summed E-state index contributed by atoms with van der Waals surface area (Å²) in [6, 6.07) is 7.30. The van der Waals surface area contributed by atoms with Gasteiger partial charge in [0.05, 0.1) is 6.61 Å². The van der Waals surface area contributed by atoms with Gasteiger partial charge in [-0.15, -0.1) is 0 Å². The Morgan fingerprint density at radius 1 is 1.44 bits per heavy atom. The van der Waals surface area contributed by atoms with Crippen LogP contribution in [0.1, 0.15) is 25.8 Å².